The zero-order valence-electron chi connectivity index (χ0n) is 20.3. The van der Waals surface area contributed by atoms with E-state index < -0.39 is 11.2 Å². The Morgan fingerprint density at radius 1 is 1.09 bits per heavy atom. The van der Waals surface area contributed by atoms with Crippen LogP contribution < -0.4 is 11.2 Å². The van der Waals surface area contributed by atoms with Crippen molar-refractivity contribution in [2.45, 2.75) is 52.1 Å². The average Bonchev–Trinajstić information content (AvgIpc) is 3.13. The maximum absolute atomic E-state index is 13.9. The number of nitrogens with zero attached hydrogens (tertiary/aromatic N) is 4. The van der Waals surface area contributed by atoms with Gasteiger partial charge in [-0.3, -0.25) is 14.2 Å². The van der Waals surface area contributed by atoms with Crippen LogP contribution in [0.5, 0.6) is 0 Å². The van der Waals surface area contributed by atoms with E-state index in [2.05, 4.69) is 6.92 Å². The van der Waals surface area contributed by atoms with E-state index in [1.54, 1.807) is 24.3 Å². The van der Waals surface area contributed by atoms with Gasteiger partial charge in [0.05, 0.1) is 16.7 Å². The van der Waals surface area contributed by atoms with E-state index in [0.29, 0.717) is 28.3 Å². The Morgan fingerprint density at radius 3 is 2.63 bits per heavy atom. The first-order chi connectivity index (χ1) is 16.8. The highest BCUT2D eigenvalue weighted by atomic mass is 35.5. The van der Waals surface area contributed by atoms with Crippen molar-refractivity contribution in [3.8, 4) is 5.69 Å². The number of piperidine rings is 1. The van der Waals surface area contributed by atoms with Crippen molar-refractivity contribution in [3.05, 3.63) is 73.9 Å². The summed E-state index contributed by atoms with van der Waals surface area (Å²) < 4.78 is 4.41. The summed E-state index contributed by atoms with van der Waals surface area (Å²) in [5.41, 5.74) is 2.12. The van der Waals surface area contributed by atoms with Gasteiger partial charge < -0.3 is 9.47 Å². The van der Waals surface area contributed by atoms with E-state index >= 15 is 0 Å². The third kappa shape index (κ3) is 3.88. The van der Waals surface area contributed by atoms with E-state index in [9.17, 15) is 14.4 Å². The minimum atomic E-state index is -0.544. The van der Waals surface area contributed by atoms with Crippen LogP contribution in [0.4, 0.5) is 0 Å². The Bertz CT molecular complexity index is 1580. The molecule has 5 rings (SSSR count). The molecule has 8 heteroatoms. The highest BCUT2D eigenvalue weighted by Crippen LogP contribution is 2.27. The standard InChI is InChI=1S/C27H29ClN4O3/c1-4-19-9-5-6-13-30(19)23(33)16-31-24-21-14-17(2)11-12-22(21)29(3)25(24)26(34)32(27(31)35)20-10-7-8-18(28)15-20/h7-8,10-12,14-15,19H,4-6,9,13,16H2,1-3H3/t19-/m0/s1. The summed E-state index contributed by atoms with van der Waals surface area (Å²) in [4.78, 5) is 43.2. The van der Waals surface area contributed by atoms with Gasteiger partial charge in [-0.1, -0.05) is 36.2 Å². The first-order valence-corrected chi connectivity index (χ1v) is 12.5. The SMILES string of the molecule is CC[C@H]1CCCCN1C(=O)Cn1c(=O)n(-c2cccc(Cl)c2)c(=O)c2c1c1cc(C)ccc1n2C. The Morgan fingerprint density at radius 2 is 1.89 bits per heavy atom. The maximum atomic E-state index is 13.9. The first-order valence-electron chi connectivity index (χ1n) is 12.1. The molecule has 1 saturated heterocycles. The third-order valence-electron chi connectivity index (χ3n) is 7.20. The van der Waals surface area contributed by atoms with Crippen molar-refractivity contribution in [2.75, 3.05) is 6.54 Å². The number of halogens is 1. The van der Waals surface area contributed by atoms with Crippen molar-refractivity contribution in [3.63, 3.8) is 0 Å². The molecule has 0 unspecified atom stereocenters. The summed E-state index contributed by atoms with van der Waals surface area (Å²) in [5.74, 6) is -0.0964. The predicted octanol–water partition coefficient (Wildman–Crippen LogP) is 4.40. The van der Waals surface area contributed by atoms with Gasteiger partial charge in [0.1, 0.15) is 12.1 Å². The molecule has 2 aromatic carbocycles. The molecule has 1 aliphatic rings. The van der Waals surface area contributed by atoms with Crippen LogP contribution in [-0.4, -0.2) is 37.1 Å². The molecule has 1 aliphatic heterocycles. The summed E-state index contributed by atoms with van der Waals surface area (Å²) in [6.45, 7) is 4.63. The highest BCUT2D eigenvalue weighted by Gasteiger charge is 2.28. The van der Waals surface area contributed by atoms with E-state index in [1.807, 2.05) is 41.6 Å². The molecule has 0 spiro atoms. The van der Waals surface area contributed by atoms with Gasteiger partial charge in [-0.25, -0.2) is 9.36 Å². The predicted molar refractivity (Wildman–Crippen MR) is 140 cm³/mol. The molecule has 4 aromatic rings. The number of rotatable bonds is 4. The molecular weight excluding hydrogens is 464 g/mol. The number of aryl methyl sites for hydroxylation is 2. The molecule has 3 heterocycles. The van der Waals surface area contributed by atoms with Gasteiger partial charge >= 0.3 is 5.69 Å². The van der Waals surface area contributed by atoms with Gasteiger partial charge in [0, 0.05) is 30.0 Å². The minimum absolute atomic E-state index is 0.0964. The zero-order chi connectivity index (χ0) is 24.9. The lowest BCUT2D eigenvalue weighted by atomic mass is 10.00. The fourth-order valence-corrected chi connectivity index (χ4v) is 5.62. The molecular formula is C27H29ClN4O3. The second kappa shape index (κ2) is 9.04. The fourth-order valence-electron chi connectivity index (χ4n) is 5.44. The lowest BCUT2D eigenvalue weighted by Crippen LogP contribution is -2.47. The normalized spacial score (nSPS) is 16.3. The molecule has 1 amide bonds. The quantitative estimate of drug-likeness (QED) is 0.424. The molecule has 0 bridgehead atoms. The Labute approximate surface area is 208 Å². The smallest absolute Gasteiger partial charge is 0.336 e. The highest BCUT2D eigenvalue weighted by molar-refractivity contribution is 6.30. The largest absolute Gasteiger partial charge is 0.338 e. The van der Waals surface area contributed by atoms with Crippen LogP contribution in [0.25, 0.3) is 27.6 Å². The Balaban J connectivity index is 1.81. The second-order valence-electron chi connectivity index (χ2n) is 9.41. The number of hydrogen-bond donors (Lipinski definition) is 0. The van der Waals surface area contributed by atoms with Gasteiger partial charge in [0.2, 0.25) is 5.91 Å². The van der Waals surface area contributed by atoms with Gasteiger partial charge in [-0.2, -0.15) is 0 Å². The van der Waals surface area contributed by atoms with Gasteiger partial charge in [-0.15, -0.1) is 0 Å². The zero-order valence-corrected chi connectivity index (χ0v) is 21.0. The van der Waals surface area contributed by atoms with Crippen molar-refractivity contribution in [1.82, 2.24) is 18.6 Å². The number of aromatic nitrogens is 3. The van der Waals surface area contributed by atoms with Crippen LogP contribution in [0.1, 0.15) is 38.2 Å². The maximum Gasteiger partial charge on any atom is 0.336 e. The molecule has 7 nitrogen and oxygen atoms in total. The summed E-state index contributed by atoms with van der Waals surface area (Å²) in [6, 6.07) is 12.7. The number of carbonyl (C=O) groups excluding carboxylic acids is 1. The van der Waals surface area contributed by atoms with Gasteiger partial charge in [0.15, 0.2) is 0 Å². The number of amides is 1. The van der Waals surface area contributed by atoms with Crippen LogP contribution in [0.2, 0.25) is 5.02 Å². The topological polar surface area (TPSA) is 69.2 Å². The molecule has 1 atom stereocenters. The van der Waals surface area contributed by atoms with Crippen molar-refractivity contribution < 1.29 is 4.79 Å². The number of likely N-dealkylation sites (tertiary alicyclic amines) is 1. The summed E-state index contributed by atoms with van der Waals surface area (Å²) in [6.07, 6.45) is 3.92. The van der Waals surface area contributed by atoms with E-state index in [-0.39, 0.29) is 18.5 Å². The second-order valence-corrected chi connectivity index (χ2v) is 9.85. The van der Waals surface area contributed by atoms with Gasteiger partial charge in [-0.05, 0) is 62.9 Å². The van der Waals surface area contributed by atoms with E-state index in [0.717, 1.165) is 46.7 Å². The molecule has 0 aliphatic carbocycles. The molecule has 1 fully saturated rings. The molecule has 0 saturated carbocycles. The number of benzene rings is 2. The summed E-state index contributed by atoms with van der Waals surface area (Å²) >= 11 is 6.20. The Hall–Kier alpha value is -3.32. The molecule has 35 heavy (non-hydrogen) atoms. The molecule has 2 aromatic heterocycles. The number of hydrogen-bond acceptors (Lipinski definition) is 3. The van der Waals surface area contributed by atoms with Gasteiger partial charge in [0.25, 0.3) is 5.56 Å². The van der Waals surface area contributed by atoms with Crippen molar-refractivity contribution in [1.29, 1.82) is 0 Å². The monoisotopic (exact) mass is 492 g/mol. The van der Waals surface area contributed by atoms with Crippen LogP contribution in [0, 0.1) is 6.92 Å². The van der Waals surface area contributed by atoms with E-state index in [1.165, 1.54) is 4.57 Å². The van der Waals surface area contributed by atoms with E-state index in [4.69, 9.17) is 11.6 Å². The number of fused-ring (bicyclic) bond motifs is 3. The summed E-state index contributed by atoms with van der Waals surface area (Å²) in [5, 5.41) is 1.21. The molecule has 0 radical (unpaired) electrons. The van der Waals surface area contributed by atoms with Crippen LogP contribution in [0.3, 0.4) is 0 Å². The minimum Gasteiger partial charge on any atom is -0.338 e. The van der Waals surface area contributed by atoms with Crippen molar-refractivity contribution in [2.24, 2.45) is 7.05 Å². The fraction of sp³-hybridized carbons (Fsp3) is 0.370. The summed E-state index contributed by atoms with van der Waals surface area (Å²) in [7, 11) is 1.82. The molecule has 182 valence electrons. The lowest BCUT2D eigenvalue weighted by Gasteiger charge is -2.35. The lowest BCUT2D eigenvalue weighted by molar-refractivity contribution is -0.135. The molecule has 0 N–H and O–H groups in total. The van der Waals surface area contributed by atoms with Crippen molar-refractivity contribution >= 4 is 39.4 Å². The average molecular weight is 493 g/mol. The first kappa shape index (κ1) is 23.4. The van der Waals surface area contributed by atoms with Crippen LogP contribution in [0.15, 0.2) is 52.1 Å². The number of carbonyl (C=O) groups is 1. The van der Waals surface area contributed by atoms with Crippen LogP contribution in [-0.2, 0) is 18.4 Å². The van der Waals surface area contributed by atoms with Crippen LogP contribution >= 0.6 is 11.6 Å². The third-order valence-corrected chi connectivity index (χ3v) is 7.44. The Kier molecular flexibility index (Phi) is 6.05.